The Morgan fingerprint density at radius 2 is 1.83 bits per heavy atom. The van der Waals surface area contributed by atoms with Crippen LogP contribution in [0.5, 0.6) is 5.75 Å². The number of rotatable bonds is 3. The van der Waals surface area contributed by atoms with Crippen LogP contribution in [0.4, 0.5) is 4.79 Å². The van der Waals surface area contributed by atoms with Gasteiger partial charge in [0.15, 0.2) is 0 Å². The van der Waals surface area contributed by atoms with E-state index in [2.05, 4.69) is 12.1 Å². The molecule has 0 N–H and O–H groups in total. The van der Waals surface area contributed by atoms with Gasteiger partial charge in [-0.25, -0.2) is 4.79 Å². The average Bonchev–Trinajstić information content (AvgIpc) is 2.52. The monoisotopic (exact) mass is 321 g/mol. The van der Waals surface area contributed by atoms with Gasteiger partial charge in [0, 0.05) is 19.6 Å². The van der Waals surface area contributed by atoms with E-state index in [1.54, 1.807) is 19.1 Å². The highest BCUT2D eigenvalue weighted by Crippen LogP contribution is 2.31. The summed E-state index contributed by atoms with van der Waals surface area (Å²) < 4.78 is 16.3. The molecule has 1 aromatic carbocycles. The fourth-order valence-corrected chi connectivity index (χ4v) is 2.88. The van der Waals surface area contributed by atoms with Gasteiger partial charge in [0.05, 0.1) is 19.8 Å². The standard InChI is InChI=1S/C18H27NO4/c1-18(2,3)23-17(20)19-11-10-15(16(12-19)22-5)13-6-8-14(21-4)9-7-13/h6-9,15-16H,10-12H2,1-5H3/t15-,16+/m0/s1. The second kappa shape index (κ2) is 7.21. The number of ether oxygens (including phenoxy) is 3. The highest BCUT2D eigenvalue weighted by molar-refractivity contribution is 5.68. The number of carbonyl (C=O) groups excluding carboxylic acids is 1. The minimum Gasteiger partial charge on any atom is -0.497 e. The molecule has 5 heteroatoms. The van der Waals surface area contributed by atoms with Gasteiger partial charge in [0.1, 0.15) is 11.4 Å². The average molecular weight is 321 g/mol. The summed E-state index contributed by atoms with van der Waals surface area (Å²) >= 11 is 0. The molecule has 0 radical (unpaired) electrons. The lowest BCUT2D eigenvalue weighted by Gasteiger charge is -2.38. The molecule has 0 unspecified atom stereocenters. The first-order valence-corrected chi connectivity index (χ1v) is 7.98. The predicted molar refractivity (Wildman–Crippen MR) is 89.0 cm³/mol. The molecule has 1 fully saturated rings. The van der Waals surface area contributed by atoms with Gasteiger partial charge >= 0.3 is 6.09 Å². The molecule has 128 valence electrons. The fourth-order valence-electron chi connectivity index (χ4n) is 2.88. The van der Waals surface area contributed by atoms with Gasteiger partial charge in [0.2, 0.25) is 0 Å². The normalized spacial score (nSPS) is 21.9. The molecule has 1 aliphatic heterocycles. The Kier molecular flexibility index (Phi) is 5.52. The third-order valence-corrected chi connectivity index (χ3v) is 4.06. The Hall–Kier alpha value is -1.75. The second-order valence-corrected chi connectivity index (χ2v) is 6.87. The zero-order valence-corrected chi connectivity index (χ0v) is 14.7. The molecule has 1 aromatic rings. The van der Waals surface area contributed by atoms with Crippen molar-refractivity contribution in [2.45, 2.75) is 44.8 Å². The van der Waals surface area contributed by atoms with Crippen LogP contribution in [-0.4, -0.2) is 50.0 Å². The molecule has 0 spiro atoms. The first-order valence-electron chi connectivity index (χ1n) is 7.98. The van der Waals surface area contributed by atoms with E-state index >= 15 is 0 Å². The van der Waals surface area contributed by atoms with Gasteiger partial charge < -0.3 is 19.1 Å². The molecule has 1 heterocycles. The maximum atomic E-state index is 12.2. The molecular formula is C18H27NO4. The largest absolute Gasteiger partial charge is 0.497 e. The molecule has 23 heavy (non-hydrogen) atoms. The topological polar surface area (TPSA) is 48.0 Å². The number of methoxy groups -OCH3 is 2. The van der Waals surface area contributed by atoms with Crippen LogP contribution in [0.1, 0.15) is 38.7 Å². The van der Waals surface area contributed by atoms with Crippen LogP contribution in [0, 0.1) is 0 Å². The number of carbonyl (C=O) groups is 1. The SMILES string of the molecule is COc1ccc([C@@H]2CCN(C(=O)OC(C)(C)C)C[C@H]2OC)cc1. The Balaban J connectivity index is 2.05. The lowest BCUT2D eigenvalue weighted by Crippen LogP contribution is -2.48. The molecule has 1 aliphatic rings. The number of benzene rings is 1. The van der Waals surface area contributed by atoms with E-state index in [1.807, 2.05) is 32.9 Å². The van der Waals surface area contributed by atoms with Crippen molar-refractivity contribution >= 4 is 6.09 Å². The first-order chi connectivity index (χ1) is 10.8. The van der Waals surface area contributed by atoms with Crippen molar-refractivity contribution in [3.05, 3.63) is 29.8 Å². The zero-order valence-electron chi connectivity index (χ0n) is 14.7. The van der Waals surface area contributed by atoms with E-state index in [0.717, 1.165) is 12.2 Å². The summed E-state index contributed by atoms with van der Waals surface area (Å²) in [5.41, 5.74) is 0.730. The summed E-state index contributed by atoms with van der Waals surface area (Å²) in [5.74, 6) is 1.11. The van der Waals surface area contributed by atoms with E-state index in [4.69, 9.17) is 14.2 Å². The Morgan fingerprint density at radius 1 is 1.17 bits per heavy atom. The molecule has 1 saturated heterocycles. The summed E-state index contributed by atoms with van der Waals surface area (Å²) in [7, 11) is 3.35. The van der Waals surface area contributed by atoms with Crippen molar-refractivity contribution in [2.75, 3.05) is 27.3 Å². The van der Waals surface area contributed by atoms with E-state index in [-0.39, 0.29) is 18.1 Å². The number of piperidine rings is 1. The van der Waals surface area contributed by atoms with Crippen molar-refractivity contribution in [1.82, 2.24) is 4.90 Å². The van der Waals surface area contributed by atoms with Crippen molar-refractivity contribution in [3.63, 3.8) is 0 Å². The quantitative estimate of drug-likeness (QED) is 0.856. The van der Waals surface area contributed by atoms with Crippen LogP contribution in [0.15, 0.2) is 24.3 Å². The smallest absolute Gasteiger partial charge is 0.410 e. The second-order valence-electron chi connectivity index (χ2n) is 6.87. The molecule has 0 aromatic heterocycles. The van der Waals surface area contributed by atoms with Crippen molar-refractivity contribution in [1.29, 1.82) is 0 Å². The van der Waals surface area contributed by atoms with Gasteiger partial charge in [-0.2, -0.15) is 0 Å². The van der Waals surface area contributed by atoms with Gasteiger partial charge in [-0.15, -0.1) is 0 Å². The third kappa shape index (κ3) is 4.61. The van der Waals surface area contributed by atoms with Gasteiger partial charge in [0.25, 0.3) is 0 Å². The van der Waals surface area contributed by atoms with E-state index in [9.17, 15) is 4.79 Å². The molecule has 0 saturated carbocycles. The van der Waals surface area contributed by atoms with Crippen molar-refractivity contribution in [2.24, 2.45) is 0 Å². The van der Waals surface area contributed by atoms with Gasteiger partial charge in [-0.05, 0) is 44.9 Å². The number of hydrogen-bond donors (Lipinski definition) is 0. The number of amides is 1. The Labute approximate surface area is 138 Å². The number of likely N-dealkylation sites (tertiary alicyclic amines) is 1. The van der Waals surface area contributed by atoms with Crippen LogP contribution in [0.3, 0.4) is 0 Å². The van der Waals surface area contributed by atoms with Crippen LogP contribution in [-0.2, 0) is 9.47 Å². The van der Waals surface area contributed by atoms with Crippen LogP contribution >= 0.6 is 0 Å². The number of nitrogens with zero attached hydrogens (tertiary/aromatic N) is 1. The minimum absolute atomic E-state index is 0.0373. The summed E-state index contributed by atoms with van der Waals surface area (Å²) in [6.45, 7) is 6.85. The highest BCUT2D eigenvalue weighted by atomic mass is 16.6. The summed E-state index contributed by atoms with van der Waals surface area (Å²) in [5, 5.41) is 0. The van der Waals surface area contributed by atoms with Gasteiger partial charge in [-0.1, -0.05) is 12.1 Å². The molecule has 2 rings (SSSR count). The first kappa shape index (κ1) is 17.6. The molecule has 5 nitrogen and oxygen atoms in total. The molecular weight excluding hydrogens is 294 g/mol. The number of hydrogen-bond acceptors (Lipinski definition) is 4. The lowest BCUT2D eigenvalue weighted by molar-refractivity contribution is -0.0139. The van der Waals surface area contributed by atoms with E-state index < -0.39 is 5.60 Å². The third-order valence-electron chi connectivity index (χ3n) is 4.06. The summed E-state index contributed by atoms with van der Waals surface area (Å²) in [6.07, 6.45) is 0.543. The molecule has 1 amide bonds. The summed E-state index contributed by atoms with van der Waals surface area (Å²) in [6, 6.07) is 8.06. The molecule has 0 bridgehead atoms. The fraction of sp³-hybridized carbons (Fsp3) is 0.611. The van der Waals surface area contributed by atoms with E-state index in [0.29, 0.717) is 13.1 Å². The van der Waals surface area contributed by atoms with Crippen LogP contribution in [0.25, 0.3) is 0 Å². The van der Waals surface area contributed by atoms with Crippen LogP contribution < -0.4 is 4.74 Å². The Morgan fingerprint density at radius 3 is 2.35 bits per heavy atom. The van der Waals surface area contributed by atoms with Crippen molar-refractivity contribution in [3.8, 4) is 5.75 Å². The van der Waals surface area contributed by atoms with Crippen LogP contribution in [0.2, 0.25) is 0 Å². The maximum absolute atomic E-state index is 12.2. The zero-order chi connectivity index (χ0) is 17.0. The highest BCUT2D eigenvalue weighted by Gasteiger charge is 2.34. The Bertz CT molecular complexity index is 521. The molecule has 0 aliphatic carbocycles. The predicted octanol–water partition coefficient (Wildman–Crippen LogP) is 3.43. The maximum Gasteiger partial charge on any atom is 0.410 e. The summed E-state index contributed by atoms with van der Waals surface area (Å²) in [4.78, 5) is 14.0. The van der Waals surface area contributed by atoms with Crippen molar-refractivity contribution < 1.29 is 19.0 Å². The molecule has 2 atom stereocenters. The minimum atomic E-state index is -0.480. The van der Waals surface area contributed by atoms with E-state index in [1.165, 1.54) is 5.56 Å². The lowest BCUT2D eigenvalue weighted by atomic mass is 9.87. The van der Waals surface area contributed by atoms with Gasteiger partial charge in [-0.3, -0.25) is 0 Å².